The fraction of sp³-hybridized carbons (Fsp3) is 0.250. The first-order valence-electron chi connectivity index (χ1n) is 10.5. The molecule has 4 N–H and O–H groups in total. The van der Waals surface area contributed by atoms with Crippen LogP contribution in [0.15, 0.2) is 60.8 Å². The van der Waals surface area contributed by atoms with E-state index in [1.165, 1.54) is 0 Å². The predicted molar refractivity (Wildman–Crippen MR) is 122 cm³/mol. The van der Waals surface area contributed by atoms with E-state index < -0.39 is 5.91 Å². The Labute approximate surface area is 186 Å². The van der Waals surface area contributed by atoms with Crippen LogP contribution in [0.2, 0.25) is 0 Å². The van der Waals surface area contributed by atoms with Gasteiger partial charge in [-0.1, -0.05) is 31.0 Å². The summed E-state index contributed by atoms with van der Waals surface area (Å²) in [4.78, 5) is 40.0. The zero-order chi connectivity index (χ0) is 22.8. The van der Waals surface area contributed by atoms with Crippen LogP contribution in [0.3, 0.4) is 0 Å². The molecule has 0 saturated carbocycles. The van der Waals surface area contributed by atoms with Crippen LogP contribution in [-0.4, -0.2) is 27.9 Å². The molecule has 3 rings (SSSR count). The van der Waals surface area contributed by atoms with Crippen LogP contribution in [0.25, 0.3) is 10.9 Å². The minimum Gasteiger partial charge on any atom is -0.326 e. The molecule has 8 heteroatoms. The van der Waals surface area contributed by atoms with Crippen LogP contribution in [0.1, 0.15) is 48.9 Å². The number of carbonyl (C=O) groups is 3. The fourth-order valence-corrected chi connectivity index (χ4v) is 3.31. The molecule has 3 aromatic rings. The van der Waals surface area contributed by atoms with Gasteiger partial charge >= 0.3 is 0 Å². The third-order valence-electron chi connectivity index (χ3n) is 4.99. The van der Waals surface area contributed by atoms with Gasteiger partial charge in [-0.05, 0) is 49.2 Å². The lowest BCUT2D eigenvalue weighted by atomic mass is 10.1. The number of aromatic nitrogens is 1. The predicted octanol–water partition coefficient (Wildman–Crippen LogP) is 4.27. The van der Waals surface area contributed by atoms with Crippen molar-refractivity contribution in [3.05, 3.63) is 66.4 Å². The van der Waals surface area contributed by atoms with Crippen LogP contribution >= 0.6 is 0 Å². The van der Waals surface area contributed by atoms with Gasteiger partial charge in [-0.3, -0.25) is 24.6 Å². The Morgan fingerprint density at radius 3 is 2.19 bits per heavy atom. The number of rotatable bonds is 10. The number of carbonyl (C=O) groups excluding carboxylic acids is 3. The summed E-state index contributed by atoms with van der Waals surface area (Å²) < 4.78 is 0. The van der Waals surface area contributed by atoms with Gasteiger partial charge < -0.3 is 10.6 Å². The van der Waals surface area contributed by atoms with Gasteiger partial charge in [0.05, 0.1) is 11.2 Å². The number of benzene rings is 2. The van der Waals surface area contributed by atoms with Gasteiger partial charge in [0.2, 0.25) is 11.8 Å². The topological polar surface area (TPSA) is 120 Å². The van der Waals surface area contributed by atoms with Crippen molar-refractivity contribution in [3.8, 4) is 0 Å². The molecule has 2 aromatic carbocycles. The molecule has 1 heterocycles. The Kier molecular flexibility index (Phi) is 8.28. The molecule has 0 aliphatic rings. The Morgan fingerprint density at radius 2 is 1.47 bits per heavy atom. The largest absolute Gasteiger partial charge is 0.326 e. The lowest BCUT2D eigenvalue weighted by molar-refractivity contribution is -0.129. The smallest absolute Gasteiger partial charge is 0.255 e. The minimum absolute atomic E-state index is 0.0999. The molecule has 3 amide bonds. The maximum atomic E-state index is 12.6. The van der Waals surface area contributed by atoms with Crippen molar-refractivity contribution < 1.29 is 19.6 Å². The highest BCUT2D eigenvalue weighted by Crippen LogP contribution is 2.21. The van der Waals surface area contributed by atoms with E-state index in [9.17, 15) is 14.4 Å². The Hall–Kier alpha value is -3.78. The maximum absolute atomic E-state index is 12.6. The molecule has 0 fully saturated rings. The van der Waals surface area contributed by atoms with Crippen LogP contribution in [-0.2, 0) is 9.59 Å². The average Bonchev–Trinajstić information content (AvgIpc) is 2.81. The monoisotopic (exact) mass is 434 g/mol. The van der Waals surface area contributed by atoms with Crippen LogP contribution in [0.5, 0.6) is 0 Å². The summed E-state index contributed by atoms with van der Waals surface area (Å²) in [6, 6.07) is 16.1. The van der Waals surface area contributed by atoms with Gasteiger partial charge in [0, 0.05) is 35.7 Å². The number of para-hydroxylation sites is 1. The van der Waals surface area contributed by atoms with Crippen molar-refractivity contribution in [1.82, 2.24) is 10.5 Å². The second kappa shape index (κ2) is 11.6. The van der Waals surface area contributed by atoms with Crippen molar-refractivity contribution in [1.29, 1.82) is 0 Å². The summed E-state index contributed by atoms with van der Waals surface area (Å²) in [5, 5.41) is 15.1. The number of nitrogens with one attached hydrogen (secondary N) is 3. The summed E-state index contributed by atoms with van der Waals surface area (Å²) >= 11 is 0. The van der Waals surface area contributed by atoms with E-state index in [4.69, 9.17) is 5.21 Å². The van der Waals surface area contributed by atoms with E-state index in [2.05, 4.69) is 15.6 Å². The van der Waals surface area contributed by atoms with Gasteiger partial charge in [-0.15, -0.1) is 0 Å². The summed E-state index contributed by atoms with van der Waals surface area (Å²) in [6.45, 7) is 0. The van der Waals surface area contributed by atoms with Gasteiger partial charge in [-0.25, -0.2) is 5.48 Å². The minimum atomic E-state index is -0.395. The van der Waals surface area contributed by atoms with Crippen LogP contribution < -0.4 is 16.1 Å². The lowest BCUT2D eigenvalue weighted by Crippen LogP contribution is -2.17. The lowest BCUT2D eigenvalue weighted by Gasteiger charge is -2.09. The first-order chi connectivity index (χ1) is 15.6. The zero-order valence-electron chi connectivity index (χ0n) is 17.6. The second-order valence-electron chi connectivity index (χ2n) is 7.41. The molecular formula is C24H26N4O4. The highest BCUT2D eigenvalue weighted by molar-refractivity contribution is 6.08. The van der Waals surface area contributed by atoms with E-state index >= 15 is 0 Å². The molecule has 0 aliphatic carbocycles. The quantitative estimate of drug-likeness (QED) is 0.216. The summed E-state index contributed by atoms with van der Waals surface area (Å²) in [7, 11) is 0. The number of nitrogens with zero attached hydrogens (tertiary/aromatic N) is 1. The Bertz CT molecular complexity index is 1080. The second-order valence-corrected chi connectivity index (χ2v) is 7.41. The number of fused-ring (bicyclic) bond motifs is 1. The van der Waals surface area contributed by atoms with Crippen LogP contribution in [0.4, 0.5) is 11.4 Å². The molecule has 0 atom stereocenters. The number of anilines is 2. The number of pyridine rings is 1. The zero-order valence-corrected chi connectivity index (χ0v) is 17.6. The van der Waals surface area contributed by atoms with Crippen molar-refractivity contribution in [2.24, 2.45) is 0 Å². The number of unbranched alkanes of at least 4 members (excludes halogenated alkanes) is 3. The van der Waals surface area contributed by atoms with E-state index in [1.54, 1.807) is 35.9 Å². The first-order valence-corrected chi connectivity index (χ1v) is 10.5. The average molecular weight is 434 g/mol. The Balaban J connectivity index is 1.45. The van der Waals surface area contributed by atoms with Gasteiger partial charge in [-0.2, -0.15) is 0 Å². The normalized spacial score (nSPS) is 10.5. The van der Waals surface area contributed by atoms with Crippen molar-refractivity contribution >= 4 is 40.0 Å². The highest BCUT2D eigenvalue weighted by atomic mass is 16.5. The number of amides is 3. The third kappa shape index (κ3) is 6.61. The van der Waals surface area contributed by atoms with Crippen LogP contribution in [0, 0.1) is 0 Å². The number of hydrogen-bond acceptors (Lipinski definition) is 5. The fourth-order valence-electron chi connectivity index (χ4n) is 3.31. The molecule has 0 bridgehead atoms. The van der Waals surface area contributed by atoms with E-state index in [1.807, 2.05) is 30.3 Å². The SMILES string of the molecule is O=C(CCCCCCC(=O)Nc1ccc(C(=O)Nc2cccc3cccnc23)cc1)NO. The number of hydroxylamine groups is 1. The highest BCUT2D eigenvalue weighted by Gasteiger charge is 2.10. The number of hydrogen-bond donors (Lipinski definition) is 4. The van der Waals surface area contributed by atoms with E-state index in [0.29, 0.717) is 36.2 Å². The summed E-state index contributed by atoms with van der Waals surface area (Å²) in [6.07, 6.45) is 5.37. The van der Waals surface area contributed by atoms with Gasteiger partial charge in [0.1, 0.15) is 0 Å². The van der Waals surface area contributed by atoms with Crippen molar-refractivity contribution in [2.75, 3.05) is 10.6 Å². The third-order valence-corrected chi connectivity index (χ3v) is 4.99. The molecule has 0 radical (unpaired) electrons. The molecule has 0 unspecified atom stereocenters. The van der Waals surface area contributed by atoms with Crippen molar-refractivity contribution in [3.63, 3.8) is 0 Å². The van der Waals surface area contributed by atoms with E-state index in [-0.39, 0.29) is 18.2 Å². The molecule has 0 saturated heterocycles. The standard InChI is InChI=1S/C24H26N4O4/c29-21(10-3-1-2-4-11-22(30)28-32)26-19-14-12-18(13-15-19)24(31)27-20-9-5-7-17-8-6-16-25-23(17)20/h5-9,12-16,32H,1-4,10-11H2,(H,26,29)(H,27,31)(H,28,30). The Morgan fingerprint density at radius 1 is 0.781 bits per heavy atom. The molecule has 166 valence electrons. The maximum Gasteiger partial charge on any atom is 0.255 e. The van der Waals surface area contributed by atoms with E-state index in [0.717, 1.165) is 23.7 Å². The molecule has 8 nitrogen and oxygen atoms in total. The molecule has 0 spiro atoms. The molecule has 32 heavy (non-hydrogen) atoms. The van der Waals surface area contributed by atoms with Crippen molar-refractivity contribution in [2.45, 2.75) is 38.5 Å². The molecule has 1 aromatic heterocycles. The van der Waals surface area contributed by atoms with Gasteiger partial charge in [0.25, 0.3) is 5.91 Å². The molecular weight excluding hydrogens is 408 g/mol. The summed E-state index contributed by atoms with van der Waals surface area (Å²) in [5.41, 5.74) is 4.07. The summed E-state index contributed by atoms with van der Waals surface area (Å²) in [5.74, 6) is -0.748. The van der Waals surface area contributed by atoms with Gasteiger partial charge in [0.15, 0.2) is 0 Å². The molecule has 0 aliphatic heterocycles. The first kappa shape index (κ1) is 22.9.